The van der Waals surface area contributed by atoms with E-state index in [4.69, 9.17) is 4.74 Å². The fraction of sp³-hybridized carbons (Fsp3) is 0.240. The quantitative estimate of drug-likeness (QED) is 0.607. The molecule has 0 spiro atoms. The highest BCUT2D eigenvalue weighted by Gasteiger charge is 2.40. The summed E-state index contributed by atoms with van der Waals surface area (Å²) in [6, 6.07) is 30.8. The molecular weight excluding hydrogens is 346 g/mol. The zero-order valence-electron chi connectivity index (χ0n) is 15.9. The average Bonchev–Trinajstić information content (AvgIpc) is 3.03. The number of rotatable bonds is 7. The van der Waals surface area contributed by atoms with E-state index in [1.54, 1.807) is 0 Å². The Morgan fingerprint density at radius 1 is 0.750 bits per heavy atom. The van der Waals surface area contributed by atoms with E-state index >= 15 is 0 Å². The minimum absolute atomic E-state index is 0.0406. The predicted octanol–water partition coefficient (Wildman–Crippen LogP) is 4.62. The molecule has 1 fully saturated rings. The van der Waals surface area contributed by atoms with E-state index in [9.17, 15) is 4.79 Å². The lowest BCUT2D eigenvalue weighted by atomic mass is 10.0. The monoisotopic (exact) mass is 371 g/mol. The van der Waals surface area contributed by atoms with Gasteiger partial charge in [0.2, 0.25) is 5.91 Å². The van der Waals surface area contributed by atoms with Crippen LogP contribution in [0, 0.1) is 0 Å². The molecule has 0 bridgehead atoms. The van der Waals surface area contributed by atoms with Gasteiger partial charge in [0.05, 0.1) is 25.2 Å². The van der Waals surface area contributed by atoms with Gasteiger partial charge in [-0.15, -0.1) is 0 Å². The molecule has 1 saturated heterocycles. The van der Waals surface area contributed by atoms with Crippen LogP contribution in [0.15, 0.2) is 91.0 Å². The molecule has 0 aromatic heterocycles. The molecule has 0 saturated carbocycles. The van der Waals surface area contributed by atoms with Crippen molar-refractivity contribution in [2.45, 2.75) is 38.1 Å². The van der Waals surface area contributed by atoms with Gasteiger partial charge in [-0.3, -0.25) is 4.79 Å². The molecule has 1 amide bonds. The molecule has 1 heterocycles. The third-order valence-electron chi connectivity index (χ3n) is 5.32. The van der Waals surface area contributed by atoms with Gasteiger partial charge in [0.25, 0.3) is 0 Å². The lowest BCUT2D eigenvalue weighted by Crippen LogP contribution is -2.39. The molecule has 3 aromatic rings. The van der Waals surface area contributed by atoms with E-state index < -0.39 is 0 Å². The van der Waals surface area contributed by atoms with Crippen LogP contribution in [-0.4, -0.2) is 23.0 Å². The van der Waals surface area contributed by atoms with Crippen molar-refractivity contribution in [2.24, 2.45) is 0 Å². The summed E-state index contributed by atoms with van der Waals surface area (Å²) in [7, 11) is 0. The van der Waals surface area contributed by atoms with Gasteiger partial charge in [0.15, 0.2) is 0 Å². The standard InChI is InChI=1S/C25H25NO2/c27-25-17-24(28-19-22-14-8-3-9-15-22)23(16-20-10-4-1-5-11-20)26(25)18-21-12-6-2-7-13-21/h1-15,23-24H,16-19H2/t23-,24-/m0/s1. The number of amides is 1. The second-order valence-corrected chi connectivity index (χ2v) is 7.30. The van der Waals surface area contributed by atoms with Crippen LogP contribution in [0.3, 0.4) is 0 Å². The Balaban J connectivity index is 1.53. The van der Waals surface area contributed by atoms with Gasteiger partial charge in [-0.25, -0.2) is 0 Å². The first kappa shape index (κ1) is 18.5. The summed E-state index contributed by atoms with van der Waals surface area (Å²) >= 11 is 0. The van der Waals surface area contributed by atoms with Gasteiger partial charge in [-0.2, -0.15) is 0 Å². The van der Waals surface area contributed by atoms with E-state index in [0.717, 1.165) is 17.5 Å². The van der Waals surface area contributed by atoms with Crippen LogP contribution >= 0.6 is 0 Å². The Morgan fingerprint density at radius 2 is 1.29 bits per heavy atom. The summed E-state index contributed by atoms with van der Waals surface area (Å²) in [6.45, 7) is 1.16. The Hall–Kier alpha value is -2.91. The van der Waals surface area contributed by atoms with Gasteiger partial charge in [0, 0.05) is 6.54 Å². The van der Waals surface area contributed by atoms with Crippen molar-refractivity contribution in [3.05, 3.63) is 108 Å². The Morgan fingerprint density at radius 3 is 1.89 bits per heavy atom. The topological polar surface area (TPSA) is 29.5 Å². The number of hydrogen-bond acceptors (Lipinski definition) is 2. The minimum atomic E-state index is -0.100. The van der Waals surface area contributed by atoms with Crippen LogP contribution in [0.25, 0.3) is 0 Å². The lowest BCUT2D eigenvalue weighted by molar-refractivity contribution is -0.129. The lowest BCUT2D eigenvalue weighted by Gasteiger charge is -2.28. The highest BCUT2D eigenvalue weighted by Crippen LogP contribution is 2.28. The van der Waals surface area contributed by atoms with Crippen molar-refractivity contribution in [3.63, 3.8) is 0 Å². The number of carbonyl (C=O) groups is 1. The second-order valence-electron chi connectivity index (χ2n) is 7.30. The summed E-state index contributed by atoms with van der Waals surface area (Å²) in [5.74, 6) is 0.169. The molecule has 1 aliphatic rings. The van der Waals surface area contributed by atoms with Gasteiger partial charge in [-0.1, -0.05) is 91.0 Å². The second kappa shape index (κ2) is 8.85. The number of hydrogen-bond donors (Lipinski definition) is 0. The van der Waals surface area contributed by atoms with Crippen LogP contribution in [-0.2, 0) is 29.1 Å². The minimum Gasteiger partial charge on any atom is -0.371 e. The van der Waals surface area contributed by atoms with E-state index in [-0.39, 0.29) is 18.1 Å². The van der Waals surface area contributed by atoms with E-state index in [1.807, 2.05) is 59.5 Å². The van der Waals surface area contributed by atoms with E-state index in [0.29, 0.717) is 19.6 Å². The molecule has 3 nitrogen and oxygen atoms in total. The maximum Gasteiger partial charge on any atom is 0.225 e. The van der Waals surface area contributed by atoms with Crippen molar-refractivity contribution in [2.75, 3.05) is 0 Å². The Kier molecular flexibility index (Phi) is 5.83. The number of likely N-dealkylation sites (tertiary alicyclic amines) is 1. The fourth-order valence-electron chi connectivity index (χ4n) is 3.84. The van der Waals surface area contributed by atoms with Crippen LogP contribution < -0.4 is 0 Å². The molecule has 28 heavy (non-hydrogen) atoms. The normalized spacial score (nSPS) is 19.1. The first-order valence-corrected chi connectivity index (χ1v) is 9.82. The Labute approximate surface area is 166 Å². The summed E-state index contributed by atoms with van der Waals surface area (Å²) in [5.41, 5.74) is 3.51. The first-order valence-electron chi connectivity index (χ1n) is 9.82. The summed E-state index contributed by atoms with van der Waals surface area (Å²) in [6.07, 6.45) is 1.15. The largest absolute Gasteiger partial charge is 0.371 e. The highest BCUT2D eigenvalue weighted by molar-refractivity contribution is 5.80. The molecule has 3 heteroatoms. The molecule has 2 atom stereocenters. The van der Waals surface area contributed by atoms with Gasteiger partial charge < -0.3 is 9.64 Å². The van der Waals surface area contributed by atoms with Crippen molar-refractivity contribution < 1.29 is 9.53 Å². The molecule has 0 aliphatic carbocycles. The van der Waals surface area contributed by atoms with Crippen molar-refractivity contribution >= 4 is 5.91 Å². The third kappa shape index (κ3) is 4.49. The molecule has 142 valence electrons. The predicted molar refractivity (Wildman–Crippen MR) is 111 cm³/mol. The van der Waals surface area contributed by atoms with Crippen LogP contribution in [0.2, 0.25) is 0 Å². The number of benzene rings is 3. The van der Waals surface area contributed by atoms with Crippen molar-refractivity contribution in [3.8, 4) is 0 Å². The van der Waals surface area contributed by atoms with Gasteiger partial charge in [-0.05, 0) is 23.1 Å². The molecule has 0 unspecified atom stereocenters. The average molecular weight is 371 g/mol. The number of nitrogens with zero attached hydrogens (tertiary/aromatic N) is 1. The van der Waals surface area contributed by atoms with E-state index in [2.05, 4.69) is 36.4 Å². The van der Waals surface area contributed by atoms with Crippen LogP contribution in [0.1, 0.15) is 23.1 Å². The summed E-state index contributed by atoms with van der Waals surface area (Å²) in [4.78, 5) is 14.8. The highest BCUT2D eigenvalue weighted by atomic mass is 16.5. The maximum absolute atomic E-state index is 12.8. The fourth-order valence-corrected chi connectivity index (χ4v) is 3.84. The molecular formula is C25H25NO2. The van der Waals surface area contributed by atoms with E-state index in [1.165, 1.54) is 5.56 Å². The van der Waals surface area contributed by atoms with Crippen molar-refractivity contribution in [1.29, 1.82) is 0 Å². The number of ether oxygens (including phenoxy) is 1. The van der Waals surface area contributed by atoms with Crippen molar-refractivity contribution in [1.82, 2.24) is 4.90 Å². The number of carbonyl (C=O) groups excluding carboxylic acids is 1. The molecule has 0 radical (unpaired) electrons. The molecule has 0 N–H and O–H groups in total. The summed E-state index contributed by atoms with van der Waals surface area (Å²) < 4.78 is 6.25. The third-order valence-corrected chi connectivity index (χ3v) is 5.32. The van der Waals surface area contributed by atoms with Gasteiger partial charge in [0.1, 0.15) is 0 Å². The van der Waals surface area contributed by atoms with Crippen LogP contribution in [0.5, 0.6) is 0 Å². The molecule has 3 aromatic carbocycles. The zero-order chi connectivity index (χ0) is 19.2. The molecule has 1 aliphatic heterocycles. The smallest absolute Gasteiger partial charge is 0.225 e. The summed E-state index contributed by atoms with van der Waals surface area (Å²) in [5, 5.41) is 0. The van der Waals surface area contributed by atoms with Gasteiger partial charge >= 0.3 is 0 Å². The Bertz CT molecular complexity index is 880. The zero-order valence-corrected chi connectivity index (χ0v) is 15.9. The maximum atomic E-state index is 12.8. The molecule has 4 rings (SSSR count). The van der Waals surface area contributed by atoms with Crippen LogP contribution in [0.4, 0.5) is 0 Å². The SMILES string of the molecule is O=C1C[C@H](OCc2ccccc2)[C@H](Cc2ccccc2)N1Cc1ccccc1. The first-order chi connectivity index (χ1) is 13.8.